The predicted molar refractivity (Wildman–Crippen MR) is 140 cm³/mol. The predicted octanol–water partition coefficient (Wildman–Crippen LogP) is 5.70. The number of nitrogens with one attached hydrogen (secondary N) is 2. The summed E-state index contributed by atoms with van der Waals surface area (Å²) >= 11 is 0. The normalized spacial score (nSPS) is 18.7. The maximum absolute atomic E-state index is 13.8. The zero-order valence-corrected chi connectivity index (χ0v) is 20.9. The quantitative estimate of drug-likeness (QED) is 0.463. The van der Waals surface area contributed by atoms with Crippen molar-refractivity contribution in [1.82, 2.24) is 0 Å². The van der Waals surface area contributed by atoms with Gasteiger partial charge in [-0.1, -0.05) is 24.3 Å². The number of para-hydroxylation sites is 2. The second-order valence-corrected chi connectivity index (χ2v) is 8.90. The fourth-order valence-electron chi connectivity index (χ4n) is 5.11. The van der Waals surface area contributed by atoms with Crippen molar-refractivity contribution in [1.29, 1.82) is 0 Å². The molecule has 1 aliphatic carbocycles. The number of Topliss-reactive ketones (excluding diaryl/α,β-unsaturated/α-hetero) is 1. The summed E-state index contributed by atoms with van der Waals surface area (Å²) in [7, 11) is 6.43. The number of anilines is 2. The molecule has 0 radical (unpaired) electrons. The fraction of sp³-hybridized carbons (Fsp3) is 0.276. The van der Waals surface area contributed by atoms with E-state index in [-0.39, 0.29) is 17.7 Å². The molecule has 0 saturated carbocycles. The van der Waals surface area contributed by atoms with Gasteiger partial charge in [0.1, 0.15) is 5.75 Å². The number of ketones is 1. The molecule has 0 aromatic heterocycles. The number of hydrogen-bond acceptors (Lipinski definition) is 7. The Kier molecular flexibility index (Phi) is 6.46. The standard InChI is InChI=1S/C29H30N2O5/c1-33-20-11-9-17(10-12-20)28-27-23(30-21-7-5-6-8-22(21)31-28)13-18(14-24(27)32)19-15-25(34-2)29(36-4)26(16-19)35-3/h5-12,15-16,18,28,30-31H,13-14H2,1-4H3/t18-,28+/m0/s1. The Morgan fingerprint density at radius 1 is 0.750 bits per heavy atom. The fourth-order valence-corrected chi connectivity index (χ4v) is 5.11. The topological polar surface area (TPSA) is 78.1 Å². The Labute approximate surface area is 211 Å². The molecule has 2 N–H and O–H groups in total. The van der Waals surface area contributed by atoms with Crippen LogP contribution in [-0.2, 0) is 4.79 Å². The molecule has 0 unspecified atom stereocenters. The number of hydrogen-bond donors (Lipinski definition) is 2. The Morgan fingerprint density at radius 3 is 2.03 bits per heavy atom. The lowest BCUT2D eigenvalue weighted by atomic mass is 9.78. The first kappa shape index (κ1) is 23.6. The van der Waals surface area contributed by atoms with Crippen molar-refractivity contribution < 1.29 is 23.7 Å². The highest BCUT2D eigenvalue weighted by Gasteiger charge is 2.36. The molecule has 5 rings (SSSR count). The molecular formula is C29H30N2O5. The van der Waals surface area contributed by atoms with E-state index < -0.39 is 0 Å². The smallest absolute Gasteiger partial charge is 0.203 e. The Balaban J connectivity index is 1.58. The van der Waals surface area contributed by atoms with Crippen molar-refractivity contribution in [2.45, 2.75) is 24.8 Å². The van der Waals surface area contributed by atoms with Gasteiger partial charge < -0.3 is 29.6 Å². The lowest BCUT2D eigenvalue weighted by molar-refractivity contribution is -0.116. The Bertz CT molecular complexity index is 1290. The average Bonchev–Trinajstić information content (AvgIpc) is 3.09. The minimum atomic E-state index is -0.282. The molecule has 7 heteroatoms. The van der Waals surface area contributed by atoms with Crippen LogP contribution in [0.4, 0.5) is 11.4 Å². The molecule has 0 bridgehead atoms. The van der Waals surface area contributed by atoms with Crippen LogP contribution in [0.15, 0.2) is 71.9 Å². The number of methoxy groups -OCH3 is 4. The minimum absolute atomic E-state index is 0.0424. The molecule has 3 aromatic rings. The van der Waals surface area contributed by atoms with Crippen LogP contribution in [0.25, 0.3) is 0 Å². The second kappa shape index (κ2) is 9.85. The summed E-state index contributed by atoms with van der Waals surface area (Å²) in [6.07, 6.45) is 1.05. The summed E-state index contributed by atoms with van der Waals surface area (Å²) in [6.45, 7) is 0. The van der Waals surface area contributed by atoms with Crippen LogP contribution in [0.5, 0.6) is 23.0 Å². The Hall–Kier alpha value is -4.13. The van der Waals surface area contributed by atoms with Crippen molar-refractivity contribution in [3.05, 3.63) is 83.1 Å². The van der Waals surface area contributed by atoms with Crippen LogP contribution in [0, 0.1) is 0 Å². The van der Waals surface area contributed by atoms with Crippen molar-refractivity contribution in [2.24, 2.45) is 0 Å². The number of carbonyl (C=O) groups excluding carboxylic acids is 1. The van der Waals surface area contributed by atoms with Crippen LogP contribution in [0.2, 0.25) is 0 Å². The maximum atomic E-state index is 13.8. The van der Waals surface area contributed by atoms with Gasteiger partial charge in [0.2, 0.25) is 5.75 Å². The molecule has 0 fully saturated rings. The van der Waals surface area contributed by atoms with E-state index in [0.29, 0.717) is 30.1 Å². The summed E-state index contributed by atoms with van der Waals surface area (Å²) in [5.41, 5.74) is 5.55. The molecule has 36 heavy (non-hydrogen) atoms. The summed E-state index contributed by atoms with van der Waals surface area (Å²) in [4.78, 5) is 13.8. The van der Waals surface area contributed by atoms with Crippen molar-refractivity contribution in [2.75, 3.05) is 39.1 Å². The highest BCUT2D eigenvalue weighted by atomic mass is 16.5. The molecule has 3 aromatic carbocycles. The summed E-state index contributed by atoms with van der Waals surface area (Å²) < 4.78 is 22.0. The van der Waals surface area contributed by atoms with Crippen LogP contribution in [0.3, 0.4) is 0 Å². The van der Waals surface area contributed by atoms with E-state index in [4.69, 9.17) is 18.9 Å². The lowest BCUT2D eigenvalue weighted by Crippen LogP contribution is -2.27. The van der Waals surface area contributed by atoms with Crippen molar-refractivity contribution in [3.63, 3.8) is 0 Å². The van der Waals surface area contributed by atoms with Gasteiger partial charge in [0.25, 0.3) is 0 Å². The van der Waals surface area contributed by atoms with Crippen molar-refractivity contribution >= 4 is 17.2 Å². The zero-order valence-electron chi connectivity index (χ0n) is 20.9. The van der Waals surface area contributed by atoms with E-state index in [1.165, 1.54) is 0 Å². The monoisotopic (exact) mass is 486 g/mol. The third kappa shape index (κ3) is 4.21. The molecular weight excluding hydrogens is 456 g/mol. The van der Waals surface area contributed by atoms with Gasteiger partial charge in [-0.15, -0.1) is 0 Å². The molecule has 0 amide bonds. The number of benzene rings is 3. The van der Waals surface area contributed by atoms with Gasteiger partial charge in [-0.05, 0) is 59.9 Å². The van der Waals surface area contributed by atoms with Gasteiger partial charge in [0.05, 0.1) is 45.9 Å². The van der Waals surface area contributed by atoms with E-state index >= 15 is 0 Å². The molecule has 0 spiro atoms. The van der Waals surface area contributed by atoms with Gasteiger partial charge in [-0.3, -0.25) is 4.79 Å². The third-order valence-electron chi connectivity index (χ3n) is 6.92. The highest BCUT2D eigenvalue weighted by molar-refractivity contribution is 6.01. The second-order valence-electron chi connectivity index (χ2n) is 8.90. The third-order valence-corrected chi connectivity index (χ3v) is 6.92. The maximum Gasteiger partial charge on any atom is 0.203 e. The van der Waals surface area contributed by atoms with E-state index in [1.54, 1.807) is 28.4 Å². The van der Waals surface area contributed by atoms with Crippen molar-refractivity contribution in [3.8, 4) is 23.0 Å². The first-order valence-electron chi connectivity index (χ1n) is 11.9. The molecule has 2 aliphatic rings. The highest BCUT2D eigenvalue weighted by Crippen LogP contribution is 2.47. The molecule has 7 nitrogen and oxygen atoms in total. The van der Waals surface area contributed by atoms with Gasteiger partial charge in [-0.25, -0.2) is 0 Å². The summed E-state index contributed by atoms with van der Waals surface area (Å²) in [6, 6.07) is 19.5. The number of carbonyl (C=O) groups is 1. The number of fused-ring (bicyclic) bond motifs is 1. The molecule has 0 saturated heterocycles. The van der Waals surface area contributed by atoms with Gasteiger partial charge in [-0.2, -0.15) is 0 Å². The minimum Gasteiger partial charge on any atom is -0.497 e. The van der Waals surface area contributed by atoms with Gasteiger partial charge >= 0.3 is 0 Å². The molecule has 186 valence electrons. The van der Waals surface area contributed by atoms with E-state index in [0.717, 1.165) is 39.5 Å². The lowest BCUT2D eigenvalue weighted by Gasteiger charge is -2.30. The molecule has 2 atom stereocenters. The first-order valence-corrected chi connectivity index (χ1v) is 11.9. The van der Waals surface area contributed by atoms with Gasteiger partial charge in [0, 0.05) is 17.7 Å². The van der Waals surface area contributed by atoms with Crippen LogP contribution < -0.4 is 29.6 Å². The summed E-state index contributed by atoms with van der Waals surface area (Å²) in [5.74, 6) is 2.53. The zero-order chi connectivity index (χ0) is 25.2. The number of allylic oxidation sites excluding steroid dienone is 1. The van der Waals surface area contributed by atoms with Crippen LogP contribution in [-0.4, -0.2) is 34.2 Å². The van der Waals surface area contributed by atoms with Crippen LogP contribution in [0.1, 0.15) is 35.9 Å². The number of rotatable bonds is 6. The van der Waals surface area contributed by atoms with E-state index in [9.17, 15) is 4.79 Å². The molecule has 1 aliphatic heterocycles. The number of ether oxygens (including phenoxy) is 4. The van der Waals surface area contributed by atoms with Crippen LogP contribution >= 0.6 is 0 Å². The largest absolute Gasteiger partial charge is 0.497 e. The SMILES string of the molecule is COc1ccc([C@H]2Nc3ccccc3NC3=C2C(=O)C[C@@H](c2cc(OC)c(OC)c(OC)c2)C3)cc1. The first-order chi connectivity index (χ1) is 17.6. The van der Waals surface area contributed by atoms with Gasteiger partial charge in [0.15, 0.2) is 17.3 Å². The average molecular weight is 487 g/mol. The summed E-state index contributed by atoms with van der Waals surface area (Å²) in [5, 5.41) is 7.19. The Morgan fingerprint density at radius 2 is 1.42 bits per heavy atom. The molecule has 1 heterocycles. The van der Waals surface area contributed by atoms with E-state index in [1.807, 2.05) is 60.7 Å². The van der Waals surface area contributed by atoms with E-state index in [2.05, 4.69) is 10.6 Å².